The van der Waals surface area contributed by atoms with E-state index in [9.17, 15) is 13.2 Å². The van der Waals surface area contributed by atoms with Gasteiger partial charge in [0.05, 0.1) is 10.6 Å². The molecule has 0 unspecified atom stereocenters. The SMILES string of the molecule is FC(F)(F)CN=C1NSc2cc(Br)ccc2N1. The summed E-state index contributed by atoms with van der Waals surface area (Å²) >= 11 is 4.54. The summed E-state index contributed by atoms with van der Waals surface area (Å²) in [6.45, 7) is -1.20. The molecule has 2 N–H and O–H groups in total. The van der Waals surface area contributed by atoms with Crippen LogP contribution in [0.2, 0.25) is 0 Å². The standard InChI is InChI=1S/C9H7BrF3N3S/c10-5-1-2-6-7(3-5)17-16-8(15-6)14-4-9(11,12)13/h1-3H,4H2,(H2,14,15,16). The second kappa shape index (κ2) is 4.77. The second-order valence-corrected chi connectivity index (χ2v) is 5.01. The van der Waals surface area contributed by atoms with Crippen molar-refractivity contribution in [2.75, 3.05) is 11.9 Å². The summed E-state index contributed by atoms with van der Waals surface area (Å²) in [5.41, 5.74) is 0.734. The van der Waals surface area contributed by atoms with E-state index in [0.717, 1.165) is 15.1 Å². The van der Waals surface area contributed by atoms with Crippen LogP contribution in [0.25, 0.3) is 0 Å². The van der Waals surface area contributed by atoms with Crippen LogP contribution in [0.4, 0.5) is 18.9 Å². The molecule has 1 heterocycles. The minimum atomic E-state index is -4.29. The number of guanidine groups is 1. The predicted molar refractivity (Wildman–Crippen MR) is 65.1 cm³/mol. The van der Waals surface area contributed by atoms with E-state index in [0.29, 0.717) is 0 Å². The van der Waals surface area contributed by atoms with Crippen molar-refractivity contribution in [3.8, 4) is 0 Å². The molecule has 2 rings (SSSR count). The zero-order valence-corrected chi connectivity index (χ0v) is 10.7. The van der Waals surface area contributed by atoms with Crippen LogP contribution in [0, 0.1) is 0 Å². The lowest BCUT2D eigenvalue weighted by Gasteiger charge is -2.20. The van der Waals surface area contributed by atoms with Crippen LogP contribution in [0.15, 0.2) is 32.6 Å². The molecule has 0 bridgehead atoms. The van der Waals surface area contributed by atoms with Gasteiger partial charge in [-0.3, -0.25) is 4.72 Å². The highest BCUT2D eigenvalue weighted by atomic mass is 79.9. The summed E-state index contributed by atoms with van der Waals surface area (Å²) in [6, 6.07) is 5.44. The van der Waals surface area contributed by atoms with Gasteiger partial charge in [-0.05, 0) is 30.1 Å². The number of nitrogens with one attached hydrogen (secondary N) is 2. The molecule has 0 atom stereocenters. The van der Waals surface area contributed by atoms with Crippen molar-refractivity contribution < 1.29 is 13.2 Å². The molecule has 1 aliphatic heterocycles. The Bertz CT molecular complexity index is 461. The first-order valence-corrected chi connectivity index (χ1v) is 6.16. The fourth-order valence-corrected chi connectivity index (χ4v) is 2.43. The predicted octanol–water partition coefficient (Wildman–Crippen LogP) is 3.39. The van der Waals surface area contributed by atoms with E-state index in [4.69, 9.17) is 0 Å². The molecule has 0 saturated carbocycles. The first kappa shape index (κ1) is 12.6. The first-order chi connectivity index (χ1) is 7.94. The van der Waals surface area contributed by atoms with Crippen LogP contribution in [-0.4, -0.2) is 18.7 Å². The molecular weight excluding hydrogens is 319 g/mol. The number of benzene rings is 1. The van der Waals surface area contributed by atoms with E-state index in [1.807, 2.05) is 6.07 Å². The average Bonchev–Trinajstić information content (AvgIpc) is 2.25. The maximum atomic E-state index is 12.0. The molecule has 1 aromatic carbocycles. The maximum absolute atomic E-state index is 12.0. The Kier molecular flexibility index (Phi) is 3.53. The van der Waals surface area contributed by atoms with Gasteiger partial charge in [-0.25, -0.2) is 4.99 Å². The Morgan fingerprint density at radius 2 is 2.12 bits per heavy atom. The molecule has 0 amide bonds. The third kappa shape index (κ3) is 3.53. The summed E-state index contributed by atoms with van der Waals surface area (Å²) in [4.78, 5) is 4.31. The molecule has 8 heteroatoms. The Morgan fingerprint density at radius 1 is 1.35 bits per heavy atom. The summed E-state index contributed by atoms with van der Waals surface area (Å²) < 4.78 is 39.6. The van der Waals surface area contributed by atoms with Crippen LogP contribution in [-0.2, 0) is 0 Å². The van der Waals surface area contributed by atoms with E-state index < -0.39 is 12.7 Å². The van der Waals surface area contributed by atoms with Gasteiger partial charge in [0.2, 0.25) is 5.96 Å². The number of anilines is 1. The van der Waals surface area contributed by atoms with Crippen molar-refractivity contribution in [3.05, 3.63) is 22.7 Å². The van der Waals surface area contributed by atoms with Crippen molar-refractivity contribution in [1.82, 2.24) is 4.72 Å². The van der Waals surface area contributed by atoms with Gasteiger partial charge in [0.1, 0.15) is 6.54 Å². The first-order valence-electron chi connectivity index (χ1n) is 4.55. The van der Waals surface area contributed by atoms with Gasteiger partial charge in [-0.15, -0.1) is 0 Å². The molecule has 0 spiro atoms. The molecule has 92 valence electrons. The number of hydrogen-bond donors (Lipinski definition) is 2. The van der Waals surface area contributed by atoms with Crippen LogP contribution in [0.5, 0.6) is 0 Å². The van der Waals surface area contributed by atoms with Gasteiger partial charge in [0.25, 0.3) is 0 Å². The molecule has 0 fully saturated rings. The number of aliphatic imine (C=N–C) groups is 1. The van der Waals surface area contributed by atoms with Gasteiger partial charge in [-0.2, -0.15) is 13.2 Å². The smallest absolute Gasteiger partial charge is 0.325 e. The third-order valence-electron chi connectivity index (χ3n) is 1.87. The molecule has 17 heavy (non-hydrogen) atoms. The van der Waals surface area contributed by atoms with Gasteiger partial charge in [-0.1, -0.05) is 15.9 Å². The lowest BCUT2D eigenvalue weighted by Crippen LogP contribution is -2.30. The van der Waals surface area contributed by atoms with Crippen molar-refractivity contribution in [1.29, 1.82) is 0 Å². The zero-order chi connectivity index (χ0) is 12.5. The molecule has 0 radical (unpaired) electrons. The number of fused-ring (bicyclic) bond motifs is 1. The Balaban J connectivity index is 2.11. The molecule has 0 saturated heterocycles. The van der Waals surface area contributed by atoms with Crippen molar-refractivity contribution in [3.63, 3.8) is 0 Å². The summed E-state index contributed by atoms with van der Waals surface area (Å²) in [6.07, 6.45) is -4.29. The highest BCUT2D eigenvalue weighted by molar-refractivity contribution is 9.10. The molecule has 3 nitrogen and oxygen atoms in total. The van der Waals surface area contributed by atoms with E-state index >= 15 is 0 Å². The lowest BCUT2D eigenvalue weighted by molar-refractivity contribution is -0.118. The highest BCUT2D eigenvalue weighted by Crippen LogP contribution is 2.31. The Morgan fingerprint density at radius 3 is 2.82 bits per heavy atom. The monoisotopic (exact) mass is 325 g/mol. The fraction of sp³-hybridized carbons (Fsp3) is 0.222. The lowest BCUT2D eigenvalue weighted by atomic mass is 10.3. The Hall–Kier alpha value is -0.890. The molecule has 0 aliphatic carbocycles. The van der Waals surface area contributed by atoms with Crippen molar-refractivity contribution >= 4 is 39.5 Å². The molecular formula is C9H7BrF3N3S. The topological polar surface area (TPSA) is 36.4 Å². The molecule has 0 aromatic heterocycles. The van der Waals surface area contributed by atoms with Gasteiger partial charge < -0.3 is 5.32 Å². The van der Waals surface area contributed by atoms with Crippen LogP contribution in [0.3, 0.4) is 0 Å². The van der Waals surface area contributed by atoms with Crippen LogP contribution < -0.4 is 10.0 Å². The summed E-state index contributed by atoms with van der Waals surface area (Å²) in [7, 11) is 0. The Labute approximate surface area is 108 Å². The fourth-order valence-electron chi connectivity index (χ4n) is 1.18. The number of halogens is 4. The van der Waals surface area contributed by atoms with E-state index in [1.165, 1.54) is 11.9 Å². The van der Waals surface area contributed by atoms with Crippen LogP contribution in [0.1, 0.15) is 0 Å². The van der Waals surface area contributed by atoms with Crippen molar-refractivity contribution in [2.24, 2.45) is 4.99 Å². The van der Waals surface area contributed by atoms with Gasteiger partial charge in [0, 0.05) is 4.47 Å². The normalized spacial score (nSPS) is 17.3. The van der Waals surface area contributed by atoms with Crippen molar-refractivity contribution in [2.45, 2.75) is 11.1 Å². The zero-order valence-electron chi connectivity index (χ0n) is 8.31. The number of alkyl halides is 3. The summed E-state index contributed by atoms with van der Waals surface area (Å²) in [5.74, 6) is 0.113. The largest absolute Gasteiger partial charge is 0.408 e. The maximum Gasteiger partial charge on any atom is 0.408 e. The second-order valence-electron chi connectivity index (χ2n) is 3.25. The number of nitrogens with zero attached hydrogens (tertiary/aromatic N) is 1. The third-order valence-corrected chi connectivity index (χ3v) is 3.22. The van der Waals surface area contributed by atoms with E-state index in [2.05, 4.69) is 31.0 Å². The summed E-state index contributed by atoms with van der Waals surface area (Å²) in [5, 5.41) is 2.79. The minimum absolute atomic E-state index is 0.113. The number of rotatable bonds is 1. The van der Waals surface area contributed by atoms with E-state index in [-0.39, 0.29) is 5.96 Å². The average molecular weight is 326 g/mol. The van der Waals surface area contributed by atoms with Crippen LogP contribution >= 0.6 is 27.9 Å². The molecule has 1 aromatic rings. The number of hydrogen-bond acceptors (Lipinski definition) is 2. The van der Waals surface area contributed by atoms with Gasteiger partial charge in [0.15, 0.2) is 0 Å². The van der Waals surface area contributed by atoms with Gasteiger partial charge >= 0.3 is 6.18 Å². The molecule has 1 aliphatic rings. The minimum Gasteiger partial charge on any atom is -0.325 e. The quantitative estimate of drug-likeness (QED) is 0.777. The van der Waals surface area contributed by atoms with E-state index in [1.54, 1.807) is 12.1 Å². The highest BCUT2D eigenvalue weighted by Gasteiger charge is 2.27.